The van der Waals surface area contributed by atoms with E-state index in [-0.39, 0.29) is 0 Å². The second-order valence-electron chi connectivity index (χ2n) is 4.42. The van der Waals surface area contributed by atoms with Crippen molar-refractivity contribution in [2.75, 3.05) is 0 Å². The van der Waals surface area contributed by atoms with Gasteiger partial charge in [-0.3, -0.25) is 0 Å². The maximum absolute atomic E-state index is 9.55. The van der Waals surface area contributed by atoms with Gasteiger partial charge in [0.1, 0.15) is 0 Å². The Hall–Kier alpha value is -1.07. The maximum atomic E-state index is 9.55. The lowest BCUT2D eigenvalue weighted by molar-refractivity contribution is 0.199. The van der Waals surface area contributed by atoms with E-state index >= 15 is 0 Å². The first-order chi connectivity index (χ1) is 9.63. The summed E-state index contributed by atoms with van der Waals surface area (Å²) in [7, 11) is 0. The fraction of sp³-hybridized carbons (Fsp3) is 0.133. The van der Waals surface area contributed by atoms with Crippen LogP contribution < -0.4 is 0 Å². The number of aliphatic hydroxyl groups is 1. The van der Waals surface area contributed by atoms with Crippen LogP contribution in [0.3, 0.4) is 0 Å². The first-order valence-electron chi connectivity index (χ1n) is 6.14. The van der Waals surface area contributed by atoms with Gasteiger partial charge in [0.05, 0.1) is 21.3 Å². The molecular formula is C15H12ClNOS2. The van der Waals surface area contributed by atoms with Crippen LogP contribution in [-0.2, 0) is 0 Å². The van der Waals surface area contributed by atoms with Crippen LogP contribution in [0, 0.1) is 0 Å². The quantitative estimate of drug-likeness (QED) is 0.723. The molecule has 0 aliphatic carbocycles. The van der Waals surface area contributed by atoms with E-state index in [0.717, 1.165) is 20.3 Å². The molecule has 1 N–H and O–H groups in total. The van der Waals surface area contributed by atoms with E-state index in [4.69, 9.17) is 11.6 Å². The average molecular weight is 322 g/mol. The number of thiazole rings is 1. The third kappa shape index (κ3) is 2.83. The Bertz CT molecular complexity index is 721. The highest BCUT2D eigenvalue weighted by atomic mass is 35.5. The largest absolute Gasteiger partial charge is 0.389 e. The van der Waals surface area contributed by atoms with E-state index in [1.165, 1.54) is 4.70 Å². The van der Waals surface area contributed by atoms with Crippen LogP contribution >= 0.6 is 34.7 Å². The molecule has 1 heterocycles. The molecule has 0 amide bonds. The number of para-hydroxylation sites is 1. The summed E-state index contributed by atoms with van der Waals surface area (Å²) in [6, 6.07) is 13.7. The van der Waals surface area contributed by atoms with Crippen molar-refractivity contribution >= 4 is 44.9 Å². The number of hydrogen-bond donors (Lipinski definition) is 1. The van der Waals surface area contributed by atoms with Gasteiger partial charge in [-0.05, 0) is 36.8 Å². The molecule has 102 valence electrons. The molecule has 0 bridgehead atoms. The minimum atomic E-state index is -0.506. The van der Waals surface area contributed by atoms with E-state index < -0.39 is 6.10 Å². The summed E-state index contributed by atoms with van der Waals surface area (Å²) in [6.45, 7) is 1.73. The number of nitrogens with zero attached hydrogens (tertiary/aromatic N) is 1. The summed E-state index contributed by atoms with van der Waals surface area (Å²) < 4.78 is 2.14. The van der Waals surface area contributed by atoms with Gasteiger partial charge in [-0.25, -0.2) is 4.98 Å². The first kappa shape index (κ1) is 13.9. The Morgan fingerprint density at radius 1 is 1.25 bits per heavy atom. The normalized spacial score (nSPS) is 12.8. The van der Waals surface area contributed by atoms with Crippen LogP contribution in [0.5, 0.6) is 0 Å². The predicted molar refractivity (Wildman–Crippen MR) is 85.8 cm³/mol. The smallest absolute Gasteiger partial charge is 0.155 e. The van der Waals surface area contributed by atoms with Crippen molar-refractivity contribution in [3.05, 3.63) is 53.1 Å². The van der Waals surface area contributed by atoms with Crippen LogP contribution in [0.4, 0.5) is 0 Å². The molecule has 2 aromatic carbocycles. The lowest BCUT2D eigenvalue weighted by atomic mass is 10.1. The van der Waals surface area contributed by atoms with E-state index in [1.807, 2.05) is 36.4 Å². The molecule has 0 aliphatic heterocycles. The molecule has 3 aromatic rings. The Kier molecular flexibility index (Phi) is 3.98. The Morgan fingerprint density at radius 3 is 2.75 bits per heavy atom. The van der Waals surface area contributed by atoms with Crippen LogP contribution in [-0.4, -0.2) is 10.1 Å². The predicted octanol–water partition coefficient (Wildman–Crippen LogP) is 5.15. The van der Waals surface area contributed by atoms with Gasteiger partial charge in [0.15, 0.2) is 4.34 Å². The number of benzene rings is 2. The number of aromatic nitrogens is 1. The van der Waals surface area contributed by atoms with Gasteiger partial charge >= 0.3 is 0 Å². The number of fused-ring (bicyclic) bond motifs is 1. The third-order valence-corrected chi connectivity index (χ3v) is 5.51. The Labute approximate surface area is 130 Å². The highest BCUT2D eigenvalue weighted by Crippen LogP contribution is 2.38. The SMILES string of the molecule is CC(O)c1ccc(Sc2nc3ccccc3s2)c(Cl)c1. The molecule has 20 heavy (non-hydrogen) atoms. The van der Waals surface area contributed by atoms with Crippen molar-refractivity contribution in [3.63, 3.8) is 0 Å². The van der Waals surface area contributed by atoms with Crippen LogP contribution in [0.1, 0.15) is 18.6 Å². The molecule has 1 atom stereocenters. The van der Waals surface area contributed by atoms with Crippen molar-refractivity contribution in [2.45, 2.75) is 22.3 Å². The molecule has 0 radical (unpaired) electrons. The highest BCUT2D eigenvalue weighted by Gasteiger charge is 2.10. The summed E-state index contributed by atoms with van der Waals surface area (Å²) in [4.78, 5) is 5.53. The van der Waals surface area contributed by atoms with E-state index in [9.17, 15) is 5.11 Å². The van der Waals surface area contributed by atoms with Gasteiger partial charge in [-0.1, -0.05) is 41.6 Å². The molecule has 1 unspecified atom stereocenters. The second-order valence-corrected chi connectivity index (χ2v) is 7.14. The van der Waals surface area contributed by atoms with Gasteiger partial charge in [-0.2, -0.15) is 0 Å². The van der Waals surface area contributed by atoms with Crippen LogP contribution in [0.15, 0.2) is 51.7 Å². The minimum absolute atomic E-state index is 0.506. The number of hydrogen-bond acceptors (Lipinski definition) is 4. The third-order valence-electron chi connectivity index (χ3n) is 2.91. The van der Waals surface area contributed by atoms with Crippen molar-refractivity contribution in [1.29, 1.82) is 0 Å². The molecule has 0 spiro atoms. The zero-order valence-corrected chi connectivity index (χ0v) is 13.1. The van der Waals surface area contributed by atoms with E-state index in [1.54, 1.807) is 30.0 Å². The van der Waals surface area contributed by atoms with Crippen molar-refractivity contribution in [1.82, 2.24) is 4.98 Å². The van der Waals surface area contributed by atoms with Crippen molar-refractivity contribution in [2.24, 2.45) is 0 Å². The van der Waals surface area contributed by atoms with Gasteiger partial charge in [0.2, 0.25) is 0 Å². The molecular weight excluding hydrogens is 310 g/mol. The van der Waals surface area contributed by atoms with E-state index in [0.29, 0.717) is 5.02 Å². The molecule has 0 aliphatic rings. The lowest BCUT2D eigenvalue weighted by Crippen LogP contribution is -1.90. The fourth-order valence-corrected chi connectivity index (χ4v) is 4.18. The Balaban J connectivity index is 1.90. The van der Waals surface area contributed by atoms with Crippen molar-refractivity contribution in [3.8, 4) is 0 Å². The molecule has 0 saturated heterocycles. The highest BCUT2D eigenvalue weighted by molar-refractivity contribution is 8.01. The summed E-state index contributed by atoms with van der Waals surface area (Å²) in [6.07, 6.45) is -0.506. The van der Waals surface area contributed by atoms with E-state index in [2.05, 4.69) is 11.1 Å². The summed E-state index contributed by atoms with van der Waals surface area (Å²) in [5.74, 6) is 0. The average Bonchev–Trinajstić information content (AvgIpc) is 2.83. The van der Waals surface area contributed by atoms with Crippen molar-refractivity contribution < 1.29 is 5.11 Å². The van der Waals surface area contributed by atoms with Crippen LogP contribution in [0.25, 0.3) is 10.2 Å². The zero-order valence-electron chi connectivity index (χ0n) is 10.7. The number of aliphatic hydroxyl groups excluding tert-OH is 1. The summed E-state index contributed by atoms with van der Waals surface area (Å²) in [5, 5.41) is 10.2. The molecule has 0 fully saturated rings. The fourth-order valence-electron chi connectivity index (χ4n) is 1.85. The van der Waals surface area contributed by atoms with Gasteiger partial charge in [0.25, 0.3) is 0 Å². The number of rotatable bonds is 3. The minimum Gasteiger partial charge on any atom is -0.389 e. The maximum Gasteiger partial charge on any atom is 0.155 e. The number of halogens is 1. The second kappa shape index (κ2) is 5.74. The van der Waals surface area contributed by atoms with Gasteiger partial charge < -0.3 is 5.11 Å². The Morgan fingerprint density at radius 2 is 2.05 bits per heavy atom. The molecule has 3 rings (SSSR count). The summed E-state index contributed by atoms with van der Waals surface area (Å²) >= 11 is 9.48. The lowest BCUT2D eigenvalue weighted by Gasteiger charge is -2.07. The topological polar surface area (TPSA) is 33.1 Å². The van der Waals surface area contributed by atoms with Crippen LogP contribution in [0.2, 0.25) is 5.02 Å². The molecule has 2 nitrogen and oxygen atoms in total. The molecule has 1 aromatic heterocycles. The monoisotopic (exact) mass is 321 g/mol. The molecule has 5 heteroatoms. The first-order valence-corrected chi connectivity index (χ1v) is 8.15. The van der Waals surface area contributed by atoms with Gasteiger partial charge in [-0.15, -0.1) is 11.3 Å². The van der Waals surface area contributed by atoms with Gasteiger partial charge in [0, 0.05) is 4.90 Å². The summed E-state index contributed by atoms with van der Waals surface area (Å²) in [5.41, 5.74) is 1.83. The molecule has 0 saturated carbocycles. The standard InChI is InChI=1S/C15H12ClNOS2/c1-9(18)10-6-7-13(11(16)8-10)19-15-17-12-4-2-3-5-14(12)20-15/h2-9,18H,1H3. The zero-order chi connectivity index (χ0) is 14.1.